The molecule has 8 rings (SSSR count). The zero-order chi connectivity index (χ0) is 54.3. The van der Waals surface area contributed by atoms with Gasteiger partial charge in [0.2, 0.25) is 11.8 Å². The number of carbonyl (C=O) groups excluding carboxylic acids is 2. The highest BCUT2D eigenvalue weighted by Gasteiger charge is 2.60. The summed E-state index contributed by atoms with van der Waals surface area (Å²) in [7, 11) is 1.45. The normalized spacial score (nSPS) is 15.5. The second-order valence-corrected chi connectivity index (χ2v) is 20.4. The number of carbonyl (C=O) groups is 2. The number of aromatic nitrogens is 6. The number of benzene rings is 4. The molecule has 0 aliphatic heterocycles. The van der Waals surface area contributed by atoms with Gasteiger partial charge in [0.05, 0.1) is 17.2 Å². The van der Waals surface area contributed by atoms with Crippen LogP contribution in [0.25, 0.3) is 45.6 Å². The summed E-state index contributed by atoms with van der Waals surface area (Å²) in [6.07, 6.45) is -7.17. The SMILES string of the molecule is CC(C)c1cccc(-c2nc(-c3cc(CNC(=O)C4(C(F)(F)F)CCCCC4)ccc3Cl)[nH]c(=O)n2)c1.COc1nc(-c2cccc(C(C)C)c2)nc(-c2cc(CNC(=O)C3(C(F)(F)F)CCCCC3)ccc2Cl)n1. The van der Waals surface area contributed by atoms with E-state index in [1.807, 2.05) is 42.5 Å². The first-order valence-corrected chi connectivity index (χ1v) is 25.6. The van der Waals surface area contributed by atoms with Gasteiger partial charge in [0.15, 0.2) is 17.5 Å². The van der Waals surface area contributed by atoms with Crippen LogP contribution < -0.4 is 21.1 Å². The summed E-state index contributed by atoms with van der Waals surface area (Å²) in [6.45, 7) is 8.07. The van der Waals surface area contributed by atoms with Crippen molar-refractivity contribution in [2.45, 2.75) is 129 Å². The van der Waals surface area contributed by atoms with Crippen LogP contribution in [-0.4, -0.2) is 61.2 Å². The third-order valence-electron chi connectivity index (χ3n) is 13.9. The van der Waals surface area contributed by atoms with Gasteiger partial charge < -0.3 is 15.4 Å². The minimum absolute atomic E-state index is 0.0909. The molecule has 0 unspecified atom stereocenters. The Morgan fingerprint density at radius 3 is 1.49 bits per heavy atom. The van der Waals surface area contributed by atoms with E-state index in [0.29, 0.717) is 83.1 Å². The number of nitrogens with one attached hydrogen (secondary N) is 3. The number of alkyl halides is 6. The number of rotatable bonds is 13. The largest absolute Gasteiger partial charge is 0.467 e. The van der Waals surface area contributed by atoms with E-state index < -0.39 is 40.7 Å². The lowest BCUT2D eigenvalue weighted by molar-refractivity contribution is -0.231. The molecule has 6 aromatic rings. The number of hydrogen-bond acceptors (Lipinski definition) is 9. The summed E-state index contributed by atoms with van der Waals surface area (Å²) >= 11 is 12.9. The van der Waals surface area contributed by atoms with Crippen molar-refractivity contribution in [1.82, 2.24) is 40.5 Å². The number of H-pyrrole nitrogens is 1. The van der Waals surface area contributed by atoms with Gasteiger partial charge in [0, 0.05) is 35.3 Å². The maximum absolute atomic E-state index is 13.9. The predicted octanol–water partition coefficient (Wildman–Crippen LogP) is 13.5. The van der Waals surface area contributed by atoms with Crippen molar-refractivity contribution in [3.05, 3.63) is 128 Å². The van der Waals surface area contributed by atoms with E-state index in [1.165, 1.54) is 7.11 Å². The van der Waals surface area contributed by atoms with E-state index in [-0.39, 0.29) is 73.2 Å². The van der Waals surface area contributed by atoms with Gasteiger partial charge in [0.1, 0.15) is 16.7 Å². The molecule has 20 heteroatoms. The van der Waals surface area contributed by atoms with Crippen molar-refractivity contribution < 1.29 is 40.7 Å². The van der Waals surface area contributed by atoms with E-state index in [9.17, 15) is 40.7 Å². The lowest BCUT2D eigenvalue weighted by Gasteiger charge is -2.37. The van der Waals surface area contributed by atoms with Gasteiger partial charge in [-0.05, 0) is 96.2 Å². The summed E-state index contributed by atoms with van der Waals surface area (Å²) in [5.41, 5.74) is 0.208. The third-order valence-corrected chi connectivity index (χ3v) is 14.6. The molecule has 2 fully saturated rings. The molecule has 2 aliphatic carbocycles. The first-order chi connectivity index (χ1) is 35.5. The van der Waals surface area contributed by atoms with Crippen LogP contribution in [0.15, 0.2) is 89.7 Å². The van der Waals surface area contributed by atoms with Crippen molar-refractivity contribution in [2.75, 3.05) is 7.11 Å². The van der Waals surface area contributed by atoms with Gasteiger partial charge in [-0.25, -0.2) is 14.8 Å². The van der Waals surface area contributed by atoms with Crippen LogP contribution in [0.3, 0.4) is 0 Å². The molecule has 75 heavy (non-hydrogen) atoms. The van der Waals surface area contributed by atoms with Crippen LogP contribution in [0.5, 0.6) is 6.01 Å². The molecule has 398 valence electrons. The zero-order valence-corrected chi connectivity index (χ0v) is 43.6. The summed E-state index contributed by atoms with van der Waals surface area (Å²) in [5.74, 6) is -0.387. The predicted molar refractivity (Wildman–Crippen MR) is 276 cm³/mol. The van der Waals surface area contributed by atoms with E-state index in [1.54, 1.807) is 42.5 Å². The molecular weight excluding hydrogens is 1020 g/mol. The molecule has 2 saturated carbocycles. The molecule has 0 saturated heterocycles. The standard InChI is InChI=1S/C28H30ClF3N4O2.C27H28ClF3N4O2/c1-17(2)19-8-7-9-20(15-19)23-34-24(36-26(35-23)38-3)21-14-18(10-11-22(21)29)16-33-25(37)27(28(30,31)32)12-5-4-6-13-27;1-16(2)18-7-6-8-19(14-18)22-33-23(35-25(37)34-22)20-13-17(9-10-21(20)28)15-32-24(36)26(27(29,30)31)11-4-3-5-12-26/h7-11,14-15,17H,4-6,12-13,16H2,1-3H3,(H,33,37);6-10,13-14,16H,3-5,11-12,15H2,1-2H3,(H,32,36)(H,33,34,35,37). The van der Waals surface area contributed by atoms with Crippen molar-refractivity contribution >= 4 is 35.0 Å². The van der Waals surface area contributed by atoms with Crippen LogP contribution in [0.4, 0.5) is 26.3 Å². The fourth-order valence-corrected chi connectivity index (χ4v) is 9.83. The number of halogens is 8. The topological polar surface area (TPSA) is 165 Å². The van der Waals surface area contributed by atoms with Crippen LogP contribution in [0.1, 0.15) is 126 Å². The molecule has 2 heterocycles. The van der Waals surface area contributed by atoms with E-state index >= 15 is 0 Å². The van der Waals surface area contributed by atoms with E-state index in [0.717, 1.165) is 16.7 Å². The van der Waals surface area contributed by atoms with Gasteiger partial charge in [-0.1, -0.05) is 138 Å². The molecule has 4 aromatic carbocycles. The van der Waals surface area contributed by atoms with Gasteiger partial charge in [-0.2, -0.15) is 41.3 Å². The Balaban J connectivity index is 0.000000219. The lowest BCUT2D eigenvalue weighted by atomic mass is 9.72. The maximum atomic E-state index is 13.9. The minimum Gasteiger partial charge on any atom is -0.467 e. The number of ether oxygens (including phenoxy) is 1. The highest BCUT2D eigenvalue weighted by molar-refractivity contribution is 6.33. The van der Waals surface area contributed by atoms with Crippen LogP contribution in [0, 0.1) is 10.8 Å². The minimum atomic E-state index is -4.62. The fraction of sp³-hybridized carbons (Fsp3) is 0.418. The van der Waals surface area contributed by atoms with Crippen LogP contribution in [0.2, 0.25) is 10.0 Å². The second-order valence-electron chi connectivity index (χ2n) is 19.6. The van der Waals surface area contributed by atoms with Crippen molar-refractivity contribution in [3.8, 4) is 51.6 Å². The Morgan fingerprint density at radius 1 is 0.600 bits per heavy atom. The maximum Gasteiger partial charge on any atom is 0.403 e. The monoisotopic (exact) mass is 1080 g/mol. The van der Waals surface area contributed by atoms with Crippen LogP contribution in [-0.2, 0) is 22.7 Å². The molecule has 2 amide bonds. The lowest BCUT2D eigenvalue weighted by Crippen LogP contribution is -2.51. The van der Waals surface area contributed by atoms with Crippen molar-refractivity contribution in [1.29, 1.82) is 0 Å². The van der Waals surface area contributed by atoms with Gasteiger partial charge in [-0.15, -0.1) is 0 Å². The number of nitrogens with zero attached hydrogens (tertiary/aromatic N) is 5. The first kappa shape index (κ1) is 56.3. The molecule has 0 atom stereocenters. The Morgan fingerprint density at radius 2 is 1.04 bits per heavy atom. The average molecular weight is 1080 g/mol. The Hall–Kier alpha value is -6.40. The number of hydrogen-bond donors (Lipinski definition) is 3. The van der Waals surface area contributed by atoms with Crippen molar-refractivity contribution in [2.24, 2.45) is 10.8 Å². The summed E-state index contributed by atoms with van der Waals surface area (Å²) in [5, 5.41) is 5.61. The summed E-state index contributed by atoms with van der Waals surface area (Å²) < 4.78 is 88.7. The fourth-order valence-electron chi connectivity index (χ4n) is 9.42. The molecule has 2 aliphatic rings. The molecule has 3 N–H and O–H groups in total. The molecule has 0 radical (unpaired) electrons. The molecular formula is C55H58Cl2F6N8O4. The van der Waals surface area contributed by atoms with E-state index in [4.69, 9.17) is 27.9 Å². The highest BCUT2D eigenvalue weighted by Crippen LogP contribution is 2.50. The van der Waals surface area contributed by atoms with Crippen molar-refractivity contribution in [3.63, 3.8) is 0 Å². The molecule has 0 spiro atoms. The van der Waals surface area contributed by atoms with Crippen LogP contribution >= 0.6 is 23.2 Å². The Bertz CT molecular complexity index is 3060. The number of aromatic amines is 1. The van der Waals surface area contributed by atoms with E-state index in [2.05, 4.69) is 68.2 Å². The third kappa shape index (κ3) is 13.0. The summed E-state index contributed by atoms with van der Waals surface area (Å²) in [4.78, 5) is 62.4. The zero-order valence-electron chi connectivity index (χ0n) is 42.1. The average Bonchev–Trinajstić information content (AvgIpc) is 3.39. The Labute approximate surface area is 440 Å². The first-order valence-electron chi connectivity index (χ1n) is 24.8. The highest BCUT2D eigenvalue weighted by atomic mass is 35.5. The molecule has 12 nitrogen and oxygen atoms in total. The Kier molecular flexibility index (Phi) is 17.8. The number of amides is 2. The molecule has 2 aromatic heterocycles. The second kappa shape index (κ2) is 23.6. The smallest absolute Gasteiger partial charge is 0.403 e. The number of methoxy groups -OCH3 is 1. The van der Waals surface area contributed by atoms with Gasteiger partial charge in [0.25, 0.3) is 0 Å². The van der Waals surface area contributed by atoms with Gasteiger partial charge in [-0.3, -0.25) is 14.6 Å². The molecule has 0 bridgehead atoms. The summed E-state index contributed by atoms with van der Waals surface area (Å²) in [6, 6.07) is 25.2. The van der Waals surface area contributed by atoms with Gasteiger partial charge >= 0.3 is 24.1 Å². The quantitative estimate of drug-likeness (QED) is 0.0955.